The molecule has 118 valence electrons. The maximum absolute atomic E-state index is 6.31. The average Bonchev–Trinajstić information content (AvgIpc) is 2.57. The molecule has 0 saturated heterocycles. The molecule has 4 rings (SSSR count). The number of aryl methyl sites for hydroxylation is 2. The summed E-state index contributed by atoms with van der Waals surface area (Å²) in [6, 6.07) is 23.9. The fourth-order valence-electron chi connectivity index (χ4n) is 3.26. The van der Waals surface area contributed by atoms with Crippen molar-refractivity contribution in [1.82, 2.24) is 0 Å². The predicted molar refractivity (Wildman–Crippen MR) is 107 cm³/mol. The molecule has 0 spiro atoms. The van der Waals surface area contributed by atoms with Gasteiger partial charge in [-0.1, -0.05) is 0 Å². The van der Waals surface area contributed by atoms with Gasteiger partial charge in [0.1, 0.15) is 0 Å². The van der Waals surface area contributed by atoms with Crippen LogP contribution in [0.4, 0.5) is 0 Å². The molecule has 0 fully saturated rings. The first kappa shape index (κ1) is 15.7. The quantitative estimate of drug-likeness (QED) is 0.334. The van der Waals surface area contributed by atoms with Gasteiger partial charge in [-0.25, -0.2) is 0 Å². The zero-order valence-electron chi connectivity index (χ0n) is 13.6. The number of fused-ring (bicyclic) bond motifs is 3. The molecule has 0 aliphatic carbocycles. The van der Waals surface area contributed by atoms with Gasteiger partial charge in [-0.15, -0.1) is 0 Å². The van der Waals surface area contributed by atoms with Gasteiger partial charge >= 0.3 is 154 Å². The van der Waals surface area contributed by atoms with E-state index >= 15 is 0 Å². The van der Waals surface area contributed by atoms with Crippen LogP contribution >= 0.6 is 11.6 Å². The molecule has 0 atom stereocenters. The molecule has 0 aliphatic rings. The van der Waals surface area contributed by atoms with E-state index in [0.717, 1.165) is 5.02 Å². The van der Waals surface area contributed by atoms with Crippen molar-refractivity contribution in [3.05, 3.63) is 82.9 Å². The van der Waals surface area contributed by atoms with E-state index in [9.17, 15) is 0 Å². The molecule has 0 unspecified atom stereocenters. The van der Waals surface area contributed by atoms with Gasteiger partial charge in [0.15, 0.2) is 0 Å². The minimum atomic E-state index is 0.260. The van der Waals surface area contributed by atoms with Crippen LogP contribution in [0.2, 0.25) is 5.02 Å². The van der Waals surface area contributed by atoms with Crippen molar-refractivity contribution in [3.8, 4) is 0 Å². The van der Waals surface area contributed by atoms with E-state index in [-0.39, 0.29) is 15.0 Å². The summed E-state index contributed by atoms with van der Waals surface area (Å²) in [6.07, 6.45) is 0. The number of hydrogen-bond acceptors (Lipinski definition) is 0. The molecule has 4 aromatic carbocycles. The molecule has 4 aromatic rings. The second-order valence-corrected chi connectivity index (χ2v) is 8.93. The van der Waals surface area contributed by atoms with E-state index in [2.05, 4.69) is 74.5 Å². The molecule has 24 heavy (non-hydrogen) atoms. The third-order valence-electron chi connectivity index (χ3n) is 4.31. The van der Waals surface area contributed by atoms with Crippen LogP contribution in [-0.4, -0.2) is 15.0 Å². The first-order valence-electron chi connectivity index (χ1n) is 7.98. The van der Waals surface area contributed by atoms with Crippen molar-refractivity contribution in [2.24, 2.45) is 0 Å². The van der Waals surface area contributed by atoms with E-state index in [0.29, 0.717) is 0 Å². The Hall–Kier alpha value is -1.79. The fourth-order valence-corrected chi connectivity index (χ4v) is 5.53. The molecular weight excluding hydrogens is 379 g/mol. The Kier molecular flexibility index (Phi) is 4.10. The van der Waals surface area contributed by atoms with Crippen LogP contribution in [-0.2, 0) is 0 Å². The van der Waals surface area contributed by atoms with Crippen molar-refractivity contribution in [2.75, 3.05) is 0 Å². The number of rotatable bonds is 2. The summed E-state index contributed by atoms with van der Waals surface area (Å²) in [6.45, 7) is 4.37. The van der Waals surface area contributed by atoms with Crippen LogP contribution in [0.3, 0.4) is 0 Å². The van der Waals surface area contributed by atoms with Gasteiger partial charge in [-0.2, -0.15) is 0 Å². The zero-order valence-corrected chi connectivity index (χ0v) is 16.1. The molecule has 0 saturated carbocycles. The van der Waals surface area contributed by atoms with Gasteiger partial charge < -0.3 is 0 Å². The van der Waals surface area contributed by atoms with E-state index < -0.39 is 0 Å². The van der Waals surface area contributed by atoms with Crippen molar-refractivity contribution in [1.29, 1.82) is 0 Å². The summed E-state index contributed by atoms with van der Waals surface area (Å²) in [5, 5.41) is 6.06. The minimum absolute atomic E-state index is 0.260. The van der Waals surface area contributed by atoms with Crippen LogP contribution < -0.4 is 8.92 Å². The molecule has 0 heterocycles. The molecule has 0 radical (unpaired) electrons. The van der Waals surface area contributed by atoms with Gasteiger partial charge in [-0.3, -0.25) is 0 Å². The second kappa shape index (κ2) is 6.26. The normalized spacial score (nSPS) is 11.3. The third kappa shape index (κ3) is 2.84. The van der Waals surface area contributed by atoms with E-state index in [1.807, 2.05) is 6.07 Å². The average molecular weight is 396 g/mol. The van der Waals surface area contributed by atoms with Crippen molar-refractivity contribution < 1.29 is 0 Å². The third-order valence-corrected chi connectivity index (χ3v) is 6.79. The molecule has 0 nitrogen and oxygen atoms in total. The molecule has 2 heteroatoms. The van der Waals surface area contributed by atoms with Crippen LogP contribution in [0.5, 0.6) is 0 Å². The standard InChI is InChI=1S/C22H17ClSe/c1-14-10-15(2)19-13-22(24-17-6-4-3-5-7-17)21-12-16(23)8-9-18(21)20(19)11-14/h3-13H,1-2H3. The number of hydrogen-bond donors (Lipinski definition) is 0. The van der Waals surface area contributed by atoms with Crippen LogP contribution in [0.25, 0.3) is 21.5 Å². The fraction of sp³-hybridized carbons (Fsp3) is 0.0909. The van der Waals surface area contributed by atoms with E-state index in [1.54, 1.807) is 0 Å². The van der Waals surface area contributed by atoms with Crippen LogP contribution in [0.15, 0.2) is 66.7 Å². The molecule has 0 bridgehead atoms. The van der Waals surface area contributed by atoms with E-state index in [4.69, 9.17) is 11.6 Å². The molecule has 0 aromatic heterocycles. The second-order valence-electron chi connectivity index (χ2n) is 6.16. The van der Waals surface area contributed by atoms with Crippen LogP contribution in [0, 0.1) is 13.8 Å². The number of benzene rings is 4. The van der Waals surface area contributed by atoms with E-state index in [1.165, 1.54) is 41.6 Å². The Morgan fingerprint density at radius 3 is 2.29 bits per heavy atom. The van der Waals surface area contributed by atoms with Crippen molar-refractivity contribution >= 4 is 57.0 Å². The summed E-state index contributed by atoms with van der Waals surface area (Å²) in [5.41, 5.74) is 2.64. The summed E-state index contributed by atoms with van der Waals surface area (Å²) >= 11 is 6.57. The maximum atomic E-state index is 6.31. The molecular formula is C22H17ClSe. The summed E-state index contributed by atoms with van der Waals surface area (Å²) in [7, 11) is 0. The monoisotopic (exact) mass is 396 g/mol. The topological polar surface area (TPSA) is 0 Å². The van der Waals surface area contributed by atoms with Gasteiger partial charge in [0.25, 0.3) is 0 Å². The Labute approximate surface area is 153 Å². The Bertz CT molecular complexity index is 1050. The predicted octanol–water partition coefficient (Wildman–Crippen LogP) is 4.92. The molecule has 0 N–H and O–H groups in total. The van der Waals surface area contributed by atoms with Gasteiger partial charge in [0.05, 0.1) is 0 Å². The molecule has 0 amide bonds. The zero-order chi connectivity index (χ0) is 16.7. The molecule has 0 aliphatic heterocycles. The van der Waals surface area contributed by atoms with Crippen LogP contribution in [0.1, 0.15) is 11.1 Å². The Balaban J connectivity index is 2.05. The number of halogens is 1. The van der Waals surface area contributed by atoms with Crippen molar-refractivity contribution in [3.63, 3.8) is 0 Å². The van der Waals surface area contributed by atoms with Gasteiger partial charge in [0, 0.05) is 0 Å². The SMILES string of the molecule is Cc1cc(C)c2cc([Se]c3ccccc3)c3cc(Cl)ccc3c2c1. The Morgan fingerprint density at radius 2 is 1.50 bits per heavy atom. The first-order chi connectivity index (χ1) is 11.6. The summed E-state index contributed by atoms with van der Waals surface area (Å²) in [4.78, 5) is 0. The van der Waals surface area contributed by atoms with Gasteiger partial charge in [0.2, 0.25) is 0 Å². The van der Waals surface area contributed by atoms with Crippen molar-refractivity contribution in [2.45, 2.75) is 13.8 Å². The van der Waals surface area contributed by atoms with Gasteiger partial charge in [-0.05, 0) is 0 Å². The Morgan fingerprint density at radius 1 is 0.708 bits per heavy atom. The summed E-state index contributed by atoms with van der Waals surface area (Å²) in [5.74, 6) is 0. The first-order valence-corrected chi connectivity index (χ1v) is 10.1. The summed E-state index contributed by atoms with van der Waals surface area (Å²) < 4.78 is 2.78.